The average Bonchev–Trinajstić information content (AvgIpc) is 3.89. The Morgan fingerprint density at radius 2 is 1.81 bits per heavy atom. The third-order valence-electron chi connectivity index (χ3n) is 9.39. The number of nitrogens with one attached hydrogen (secondary N) is 6. The number of nitrogens with zero attached hydrogens (tertiary/aromatic N) is 3. The lowest BCUT2D eigenvalue weighted by Gasteiger charge is -2.18. The summed E-state index contributed by atoms with van der Waals surface area (Å²) in [6.07, 6.45) is 6.92. The molecule has 52 heavy (non-hydrogen) atoms. The molecule has 3 heterocycles. The summed E-state index contributed by atoms with van der Waals surface area (Å²) < 4.78 is 32.2. The van der Waals surface area contributed by atoms with Gasteiger partial charge in [0.2, 0.25) is 5.95 Å². The van der Waals surface area contributed by atoms with Crippen molar-refractivity contribution in [3.63, 3.8) is 0 Å². The zero-order chi connectivity index (χ0) is 36.5. The van der Waals surface area contributed by atoms with E-state index in [-0.39, 0.29) is 29.2 Å². The van der Waals surface area contributed by atoms with Crippen LogP contribution in [0.2, 0.25) is 0 Å². The summed E-state index contributed by atoms with van der Waals surface area (Å²) in [5.74, 6) is -0.763. The molecule has 0 spiro atoms. The number of amides is 3. The number of imide groups is 1. The van der Waals surface area contributed by atoms with E-state index in [4.69, 9.17) is 14.2 Å². The summed E-state index contributed by atoms with van der Waals surface area (Å²) >= 11 is 0. The highest BCUT2D eigenvalue weighted by molar-refractivity contribution is 6.23. The smallest absolute Gasteiger partial charge is 0.261 e. The fourth-order valence-electron chi connectivity index (χ4n) is 6.67. The van der Waals surface area contributed by atoms with Crippen LogP contribution in [0, 0.1) is 5.82 Å². The molecule has 0 bridgehead atoms. The maximum Gasteiger partial charge on any atom is 0.261 e. The Labute approximate surface area is 301 Å². The number of methoxy groups -OCH3 is 1. The van der Waals surface area contributed by atoms with Gasteiger partial charge in [-0.15, -0.1) is 0 Å². The summed E-state index contributed by atoms with van der Waals surface area (Å²) in [4.78, 5) is 48.2. The quantitative estimate of drug-likeness (QED) is 0.0831. The van der Waals surface area contributed by atoms with Crippen molar-refractivity contribution in [1.29, 1.82) is 0 Å². The summed E-state index contributed by atoms with van der Waals surface area (Å²) in [7, 11) is 3.27. The van der Waals surface area contributed by atoms with Gasteiger partial charge in [-0.25, -0.2) is 9.37 Å². The fraction of sp³-hybridized carbons (Fsp3) is 0.472. The second-order valence-electron chi connectivity index (χ2n) is 12.9. The minimum absolute atomic E-state index is 0.109. The molecular weight excluding hydrogens is 673 g/mol. The number of hydrogen-bond acceptors (Lipinski definition) is 13. The maximum absolute atomic E-state index is 15.3. The second kappa shape index (κ2) is 17.4. The van der Waals surface area contributed by atoms with Crippen LogP contribution in [0.15, 0.2) is 36.5 Å². The average molecular weight is 720 g/mol. The van der Waals surface area contributed by atoms with Crippen LogP contribution in [0.1, 0.15) is 63.2 Å². The largest absolute Gasteiger partial charge is 0.495 e. The second-order valence-corrected chi connectivity index (χ2v) is 12.9. The van der Waals surface area contributed by atoms with Gasteiger partial charge in [-0.2, -0.15) is 4.98 Å². The van der Waals surface area contributed by atoms with E-state index in [1.54, 1.807) is 31.4 Å². The summed E-state index contributed by atoms with van der Waals surface area (Å²) in [6.45, 7) is 4.29. The number of ether oxygens (including phenoxy) is 3. The summed E-state index contributed by atoms with van der Waals surface area (Å²) in [5, 5.41) is 18.0. The van der Waals surface area contributed by atoms with Gasteiger partial charge in [0, 0.05) is 57.1 Å². The van der Waals surface area contributed by atoms with E-state index in [0.29, 0.717) is 80.4 Å². The first-order valence-electron chi connectivity index (χ1n) is 17.7. The van der Waals surface area contributed by atoms with Crippen LogP contribution in [-0.4, -0.2) is 111 Å². The molecule has 1 atom stereocenters. The van der Waals surface area contributed by atoms with Gasteiger partial charge in [0.15, 0.2) is 5.82 Å². The van der Waals surface area contributed by atoms with Crippen LogP contribution in [-0.2, 0) is 9.47 Å². The highest BCUT2D eigenvalue weighted by Gasteiger charge is 2.29. The van der Waals surface area contributed by atoms with Crippen molar-refractivity contribution in [2.45, 2.75) is 44.2 Å². The monoisotopic (exact) mass is 719 g/mol. The molecule has 1 saturated heterocycles. The number of benzene rings is 2. The van der Waals surface area contributed by atoms with E-state index >= 15 is 4.39 Å². The van der Waals surface area contributed by atoms with Gasteiger partial charge in [-0.1, -0.05) is 18.9 Å². The van der Waals surface area contributed by atoms with Gasteiger partial charge < -0.3 is 40.8 Å². The molecule has 2 fully saturated rings. The molecule has 1 aromatic heterocycles. The zero-order valence-electron chi connectivity index (χ0n) is 29.5. The molecule has 278 valence electrons. The molecule has 6 N–H and O–H groups in total. The van der Waals surface area contributed by atoms with E-state index in [1.165, 1.54) is 32.1 Å². The Bertz CT molecular complexity index is 1760. The maximum atomic E-state index is 15.3. The van der Waals surface area contributed by atoms with Gasteiger partial charge in [0.05, 0.1) is 67.8 Å². The SMILES string of the molecule is CNc1cnc(Nc2cc(F)c(C(=O)NC3CCN(CCOCCOCCNc4cccc5c4C(=O)NC5=O)C3)cc2OC)nc1NC1CCCC1. The Balaban J connectivity index is 0.898. The van der Waals surface area contributed by atoms with Crippen molar-refractivity contribution in [3.8, 4) is 5.75 Å². The third-order valence-corrected chi connectivity index (χ3v) is 9.39. The molecule has 2 aromatic carbocycles. The number of fused-ring (bicyclic) bond motifs is 1. The van der Waals surface area contributed by atoms with E-state index in [9.17, 15) is 14.4 Å². The van der Waals surface area contributed by atoms with Crippen molar-refractivity contribution in [2.24, 2.45) is 0 Å². The molecule has 3 aromatic rings. The van der Waals surface area contributed by atoms with E-state index < -0.39 is 17.6 Å². The van der Waals surface area contributed by atoms with Gasteiger partial charge in [-0.3, -0.25) is 24.6 Å². The predicted molar refractivity (Wildman–Crippen MR) is 194 cm³/mol. The van der Waals surface area contributed by atoms with Crippen molar-refractivity contribution in [1.82, 2.24) is 25.5 Å². The van der Waals surface area contributed by atoms with Gasteiger partial charge in [0.1, 0.15) is 11.6 Å². The molecule has 6 rings (SSSR count). The minimum atomic E-state index is -0.689. The van der Waals surface area contributed by atoms with Crippen molar-refractivity contribution >= 4 is 46.5 Å². The number of hydrogen-bond donors (Lipinski definition) is 6. The van der Waals surface area contributed by atoms with Crippen LogP contribution in [0.4, 0.5) is 33.2 Å². The first-order chi connectivity index (χ1) is 25.3. The lowest BCUT2D eigenvalue weighted by molar-refractivity contribution is 0.0439. The van der Waals surface area contributed by atoms with Crippen LogP contribution in [0.3, 0.4) is 0 Å². The lowest BCUT2D eigenvalue weighted by atomic mass is 10.1. The van der Waals surface area contributed by atoms with E-state index in [1.807, 2.05) is 0 Å². The van der Waals surface area contributed by atoms with E-state index in [0.717, 1.165) is 31.5 Å². The van der Waals surface area contributed by atoms with Crippen molar-refractivity contribution < 1.29 is 33.0 Å². The Morgan fingerprint density at radius 1 is 1.00 bits per heavy atom. The summed E-state index contributed by atoms with van der Waals surface area (Å²) in [6, 6.07) is 7.93. The van der Waals surface area contributed by atoms with Crippen molar-refractivity contribution in [3.05, 3.63) is 59.0 Å². The lowest BCUT2D eigenvalue weighted by Crippen LogP contribution is -2.38. The molecule has 0 radical (unpaired) electrons. The Morgan fingerprint density at radius 3 is 2.60 bits per heavy atom. The summed E-state index contributed by atoms with van der Waals surface area (Å²) in [5.41, 5.74) is 2.28. The molecule has 3 amide bonds. The first kappa shape index (κ1) is 36.7. The first-order valence-corrected chi connectivity index (χ1v) is 17.7. The molecule has 1 saturated carbocycles. The number of rotatable bonds is 18. The van der Waals surface area contributed by atoms with Crippen LogP contribution >= 0.6 is 0 Å². The zero-order valence-corrected chi connectivity index (χ0v) is 29.5. The molecule has 16 heteroatoms. The number of anilines is 5. The normalized spacial score (nSPS) is 17.2. The molecule has 15 nitrogen and oxygen atoms in total. The minimum Gasteiger partial charge on any atom is -0.495 e. The number of aromatic nitrogens is 2. The molecular formula is C36H46FN9O6. The third kappa shape index (κ3) is 9.05. The number of carbonyl (C=O) groups excluding carboxylic acids is 3. The topological polar surface area (TPSA) is 180 Å². The van der Waals surface area contributed by atoms with Crippen LogP contribution in [0.5, 0.6) is 5.75 Å². The van der Waals surface area contributed by atoms with Gasteiger partial charge in [-0.05, 0) is 37.5 Å². The molecule has 1 unspecified atom stereocenters. The van der Waals surface area contributed by atoms with Gasteiger partial charge in [0.25, 0.3) is 17.7 Å². The van der Waals surface area contributed by atoms with Crippen LogP contribution in [0.25, 0.3) is 0 Å². The Hall–Kier alpha value is -5.06. The molecule has 2 aliphatic heterocycles. The van der Waals surface area contributed by atoms with Gasteiger partial charge >= 0.3 is 0 Å². The van der Waals surface area contributed by atoms with Crippen LogP contribution < -0.4 is 36.6 Å². The van der Waals surface area contributed by atoms with E-state index in [2.05, 4.69) is 46.8 Å². The highest BCUT2D eigenvalue weighted by atomic mass is 19.1. The molecule has 1 aliphatic carbocycles. The fourth-order valence-corrected chi connectivity index (χ4v) is 6.67. The number of likely N-dealkylation sites (tertiary alicyclic amines) is 1. The number of halogens is 1. The number of carbonyl (C=O) groups is 3. The Kier molecular flexibility index (Phi) is 12.3. The predicted octanol–water partition coefficient (Wildman–Crippen LogP) is 3.60. The highest BCUT2D eigenvalue weighted by Crippen LogP contribution is 2.32. The standard InChI is InChI=1S/C36H46FN9O6/c1-38-29-20-40-36(44-32(29)41-22-6-3-4-7-22)43-28-19-26(37)25(18-30(28)50-2)34(48)42-23-10-12-46(21-23)13-15-52-17-16-51-14-11-39-27-9-5-8-24-31(27)35(49)45-33(24)47/h5,8-9,18-20,22-23,38-39H,3-4,6-7,10-17,21H2,1-2H3,(H,42,48)(H,45,47,49)(H2,40,41,43,44). The molecule has 3 aliphatic rings. The van der Waals surface area contributed by atoms with Crippen molar-refractivity contribution in [2.75, 3.05) is 88.0 Å².